The number of allylic oxidation sites excluding steroid dienone is 1. The summed E-state index contributed by atoms with van der Waals surface area (Å²) in [4.78, 5) is 38.8. The van der Waals surface area contributed by atoms with Crippen molar-refractivity contribution in [2.45, 2.75) is 37.9 Å². The highest BCUT2D eigenvalue weighted by Gasteiger charge is 2.41. The summed E-state index contributed by atoms with van der Waals surface area (Å²) in [5.74, 6) is -5.24. The van der Waals surface area contributed by atoms with E-state index in [9.17, 15) is 23.2 Å². The van der Waals surface area contributed by atoms with Gasteiger partial charge in [-0.2, -0.15) is 8.78 Å². The van der Waals surface area contributed by atoms with Crippen LogP contribution in [0.25, 0.3) is 0 Å². The van der Waals surface area contributed by atoms with Crippen LogP contribution < -0.4 is 15.4 Å². The molecule has 0 saturated carbocycles. The molecule has 172 valence electrons. The minimum Gasteiger partial charge on any atom is -0.497 e. The van der Waals surface area contributed by atoms with Gasteiger partial charge in [0.1, 0.15) is 11.8 Å². The highest BCUT2D eigenvalue weighted by molar-refractivity contribution is 6.01. The smallest absolute Gasteiger partial charge is 0.349 e. The molecule has 2 heterocycles. The summed E-state index contributed by atoms with van der Waals surface area (Å²) >= 11 is 0. The van der Waals surface area contributed by atoms with Crippen LogP contribution in [-0.2, 0) is 28.6 Å². The number of ether oxygens (including phenoxy) is 1. The number of carbonyl (C=O) groups is 3. The number of hydrogen-bond donors (Lipinski definition) is 2. The van der Waals surface area contributed by atoms with Crippen LogP contribution in [0.2, 0.25) is 0 Å². The van der Waals surface area contributed by atoms with Crippen molar-refractivity contribution < 1.29 is 27.9 Å². The van der Waals surface area contributed by atoms with Crippen molar-refractivity contribution in [3.63, 3.8) is 0 Å². The third-order valence-electron chi connectivity index (χ3n) is 5.89. The average Bonchev–Trinajstić information content (AvgIpc) is 3.12. The fourth-order valence-electron chi connectivity index (χ4n) is 4.04. The van der Waals surface area contributed by atoms with Gasteiger partial charge in [-0.05, 0) is 54.3 Å². The molecular formula is C24H23F2N3O4. The van der Waals surface area contributed by atoms with Gasteiger partial charge in [-0.15, -0.1) is 0 Å². The van der Waals surface area contributed by atoms with Gasteiger partial charge in [-0.1, -0.05) is 18.7 Å². The lowest BCUT2D eigenvalue weighted by Crippen LogP contribution is -2.49. The minimum atomic E-state index is -3.71. The predicted octanol–water partition coefficient (Wildman–Crippen LogP) is 2.85. The molecule has 0 aromatic heterocycles. The van der Waals surface area contributed by atoms with Crippen molar-refractivity contribution in [2.75, 3.05) is 7.11 Å². The highest BCUT2D eigenvalue weighted by atomic mass is 19.3. The molecule has 3 amide bonds. The molecular weight excluding hydrogens is 432 g/mol. The molecule has 33 heavy (non-hydrogen) atoms. The van der Waals surface area contributed by atoms with Gasteiger partial charge in [0.25, 0.3) is 11.8 Å². The molecule has 1 unspecified atom stereocenters. The van der Waals surface area contributed by atoms with E-state index in [1.165, 1.54) is 24.1 Å². The van der Waals surface area contributed by atoms with E-state index < -0.39 is 23.4 Å². The third-order valence-corrected chi connectivity index (χ3v) is 5.89. The van der Waals surface area contributed by atoms with Crippen LogP contribution in [0.3, 0.4) is 0 Å². The molecule has 1 saturated heterocycles. The molecule has 0 bridgehead atoms. The molecule has 2 aliphatic heterocycles. The number of nitrogens with one attached hydrogen (secondary N) is 2. The zero-order chi connectivity index (χ0) is 23.8. The fraction of sp³-hybridized carbons (Fsp3) is 0.292. The molecule has 7 nitrogen and oxygen atoms in total. The van der Waals surface area contributed by atoms with Crippen molar-refractivity contribution in [2.24, 2.45) is 0 Å². The van der Waals surface area contributed by atoms with Crippen LogP contribution in [-0.4, -0.2) is 35.8 Å². The first-order valence-corrected chi connectivity index (χ1v) is 10.4. The first kappa shape index (κ1) is 22.4. The van der Waals surface area contributed by atoms with E-state index in [0.29, 0.717) is 41.0 Å². The number of benzene rings is 2. The molecule has 2 aromatic rings. The number of alkyl halides is 2. The fourth-order valence-corrected chi connectivity index (χ4v) is 4.04. The standard InChI is InChI=1S/C24H23F2N3O4/c1-14-3-10-20(21(30)28-14)29-13-16-11-15(4-9-19(16)22(29)31)12-27-23(32)24(25,26)17-5-7-18(33-2)8-6-17/h4-9,11,20H,1,3,10,12-13H2,2H3,(H,27,32)(H,28,30). The summed E-state index contributed by atoms with van der Waals surface area (Å²) < 4.78 is 34.0. The third kappa shape index (κ3) is 4.30. The highest BCUT2D eigenvalue weighted by Crippen LogP contribution is 2.31. The lowest BCUT2D eigenvalue weighted by Gasteiger charge is -2.30. The molecule has 1 fully saturated rings. The Morgan fingerprint density at radius 3 is 2.64 bits per heavy atom. The number of amides is 3. The van der Waals surface area contributed by atoms with Crippen LogP contribution in [0.4, 0.5) is 8.78 Å². The molecule has 0 radical (unpaired) electrons. The molecule has 0 spiro atoms. The van der Waals surface area contributed by atoms with Crippen molar-refractivity contribution >= 4 is 17.7 Å². The summed E-state index contributed by atoms with van der Waals surface area (Å²) in [6, 6.07) is 9.33. The molecule has 2 N–H and O–H groups in total. The van der Waals surface area contributed by atoms with Crippen molar-refractivity contribution in [3.8, 4) is 5.75 Å². The van der Waals surface area contributed by atoms with E-state index in [1.54, 1.807) is 18.2 Å². The predicted molar refractivity (Wildman–Crippen MR) is 115 cm³/mol. The van der Waals surface area contributed by atoms with Gasteiger partial charge in [-0.3, -0.25) is 14.4 Å². The summed E-state index contributed by atoms with van der Waals surface area (Å²) in [6.07, 6.45) is 1.09. The van der Waals surface area contributed by atoms with E-state index in [2.05, 4.69) is 17.2 Å². The molecule has 2 aromatic carbocycles. The first-order chi connectivity index (χ1) is 15.7. The van der Waals surface area contributed by atoms with E-state index in [1.807, 2.05) is 0 Å². The monoisotopic (exact) mass is 455 g/mol. The topological polar surface area (TPSA) is 87.7 Å². The van der Waals surface area contributed by atoms with Gasteiger partial charge in [0, 0.05) is 29.9 Å². The van der Waals surface area contributed by atoms with Gasteiger partial charge < -0.3 is 20.3 Å². The summed E-state index contributed by atoms with van der Waals surface area (Å²) in [5.41, 5.74) is 1.91. The number of hydrogen-bond acceptors (Lipinski definition) is 4. The zero-order valence-corrected chi connectivity index (χ0v) is 18.0. The van der Waals surface area contributed by atoms with E-state index in [-0.39, 0.29) is 24.9 Å². The van der Waals surface area contributed by atoms with Crippen molar-refractivity contribution in [3.05, 3.63) is 77.0 Å². The zero-order valence-electron chi connectivity index (χ0n) is 18.0. The van der Waals surface area contributed by atoms with Crippen LogP contribution in [0.5, 0.6) is 5.75 Å². The van der Waals surface area contributed by atoms with Crippen LogP contribution in [0.1, 0.15) is 39.9 Å². The largest absolute Gasteiger partial charge is 0.497 e. The van der Waals surface area contributed by atoms with Crippen LogP contribution in [0, 0.1) is 0 Å². The van der Waals surface area contributed by atoms with Crippen LogP contribution in [0.15, 0.2) is 54.7 Å². The second-order valence-electron chi connectivity index (χ2n) is 8.06. The number of piperidine rings is 1. The van der Waals surface area contributed by atoms with Gasteiger partial charge >= 0.3 is 5.92 Å². The number of rotatable bonds is 6. The summed E-state index contributed by atoms with van der Waals surface area (Å²) in [7, 11) is 1.42. The Balaban J connectivity index is 1.42. The maximum absolute atomic E-state index is 14.5. The minimum absolute atomic E-state index is 0.129. The Morgan fingerprint density at radius 1 is 1.24 bits per heavy atom. The van der Waals surface area contributed by atoms with Crippen LogP contribution >= 0.6 is 0 Å². The number of halogens is 2. The van der Waals surface area contributed by atoms with Crippen molar-refractivity contribution in [1.29, 1.82) is 0 Å². The number of fused-ring (bicyclic) bond motifs is 1. The Morgan fingerprint density at radius 2 is 1.97 bits per heavy atom. The molecule has 9 heteroatoms. The Kier molecular flexibility index (Phi) is 5.88. The lowest BCUT2D eigenvalue weighted by atomic mass is 10.0. The second-order valence-corrected chi connectivity index (χ2v) is 8.06. The quantitative estimate of drug-likeness (QED) is 0.701. The maximum atomic E-state index is 14.5. The van der Waals surface area contributed by atoms with E-state index in [4.69, 9.17) is 4.74 Å². The summed E-state index contributed by atoms with van der Waals surface area (Å²) in [5, 5.41) is 4.94. The number of carbonyl (C=O) groups excluding carboxylic acids is 3. The van der Waals surface area contributed by atoms with Crippen molar-refractivity contribution in [1.82, 2.24) is 15.5 Å². The lowest BCUT2D eigenvalue weighted by molar-refractivity contribution is -0.147. The Labute approximate surface area is 189 Å². The van der Waals surface area contributed by atoms with Gasteiger partial charge in [0.2, 0.25) is 5.91 Å². The molecule has 4 rings (SSSR count). The Bertz CT molecular complexity index is 1130. The SMILES string of the molecule is C=C1CCC(N2Cc3cc(CNC(=O)C(F)(F)c4ccc(OC)cc4)ccc3C2=O)C(=O)N1. The second kappa shape index (κ2) is 8.65. The first-order valence-electron chi connectivity index (χ1n) is 10.4. The Hall–Kier alpha value is -3.75. The maximum Gasteiger partial charge on any atom is 0.349 e. The van der Waals surface area contributed by atoms with Gasteiger partial charge in [-0.25, -0.2) is 0 Å². The molecule has 2 aliphatic rings. The molecule has 1 atom stereocenters. The molecule has 0 aliphatic carbocycles. The normalized spacial score (nSPS) is 18.1. The number of methoxy groups -OCH3 is 1. The van der Waals surface area contributed by atoms with E-state index in [0.717, 1.165) is 12.1 Å². The van der Waals surface area contributed by atoms with Gasteiger partial charge in [0.15, 0.2) is 0 Å². The average molecular weight is 455 g/mol. The summed E-state index contributed by atoms with van der Waals surface area (Å²) in [6.45, 7) is 3.86. The number of nitrogens with zero attached hydrogens (tertiary/aromatic N) is 1. The van der Waals surface area contributed by atoms with E-state index >= 15 is 0 Å². The van der Waals surface area contributed by atoms with Gasteiger partial charge in [0.05, 0.1) is 7.11 Å².